The SMILES string of the molecule is CCNc1cc(C(=O)CN2CCCCC2)ccc1N. The van der Waals surface area contributed by atoms with Gasteiger partial charge in [0.1, 0.15) is 0 Å². The van der Waals surface area contributed by atoms with Crippen LogP contribution in [0.15, 0.2) is 18.2 Å². The number of hydrogen-bond acceptors (Lipinski definition) is 4. The average molecular weight is 261 g/mol. The molecule has 0 saturated carbocycles. The summed E-state index contributed by atoms with van der Waals surface area (Å²) in [7, 11) is 0. The zero-order valence-corrected chi connectivity index (χ0v) is 11.6. The third-order valence-corrected chi connectivity index (χ3v) is 3.56. The van der Waals surface area contributed by atoms with Gasteiger partial charge in [0.25, 0.3) is 0 Å². The molecule has 1 fully saturated rings. The highest BCUT2D eigenvalue weighted by atomic mass is 16.1. The Bertz CT molecular complexity index is 439. The maximum atomic E-state index is 12.3. The van der Waals surface area contributed by atoms with E-state index < -0.39 is 0 Å². The van der Waals surface area contributed by atoms with Crippen molar-refractivity contribution < 1.29 is 4.79 Å². The number of nitrogens with one attached hydrogen (secondary N) is 1. The molecule has 0 aliphatic carbocycles. The van der Waals surface area contributed by atoms with Gasteiger partial charge in [0.15, 0.2) is 5.78 Å². The molecule has 1 aliphatic heterocycles. The maximum Gasteiger partial charge on any atom is 0.176 e. The molecule has 0 bridgehead atoms. The number of anilines is 2. The van der Waals surface area contributed by atoms with Crippen LogP contribution in [0.4, 0.5) is 11.4 Å². The van der Waals surface area contributed by atoms with Crippen molar-refractivity contribution in [3.8, 4) is 0 Å². The Morgan fingerprint density at radius 3 is 2.74 bits per heavy atom. The van der Waals surface area contributed by atoms with Crippen molar-refractivity contribution in [3.05, 3.63) is 23.8 Å². The van der Waals surface area contributed by atoms with Crippen LogP contribution in [0.3, 0.4) is 0 Å². The molecule has 0 amide bonds. The molecule has 1 aromatic carbocycles. The van der Waals surface area contributed by atoms with Crippen molar-refractivity contribution in [2.24, 2.45) is 0 Å². The van der Waals surface area contributed by atoms with Gasteiger partial charge in [-0.2, -0.15) is 0 Å². The Kier molecular flexibility index (Phi) is 4.80. The lowest BCUT2D eigenvalue weighted by atomic mass is 10.1. The maximum absolute atomic E-state index is 12.3. The smallest absolute Gasteiger partial charge is 0.176 e. The van der Waals surface area contributed by atoms with Crippen molar-refractivity contribution in [3.63, 3.8) is 0 Å². The highest BCUT2D eigenvalue weighted by Crippen LogP contribution is 2.20. The zero-order valence-electron chi connectivity index (χ0n) is 11.6. The summed E-state index contributed by atoms with van der Waals surface area (Å²) in [6.45, 7) is 5.42. The fourth-order valence-corrected chi connectivity index (χ4v) is 2.49. The number of likely N-dealkylation sites (tertiary alicyclic amines) is 1. The fourth-order valence-electron chi connectivity index (χ4n) is 2.49. The summed E-state index contributed by atoms with van der Waals surface area (Å²) >= 11 is 0. The van der Waals surface area contributed by atoms with Crippen LogP contribution in [0.25, 0.3) is 0 Å². The second-order valence-corrected chi connectivity index (χ2v) is 5.09. The van der Waals surface area contributed by atoms with Gasteiger partial charge in [-0.05, 0) is 51.1 Å². The normalized spacial score (nSPS) is 16.3. The van der Waals surface area contributed by atoms with Gasteiger partial charge >= 0.3 is 0 Å². The van der Waals surface area contributed by atoms with Crippen LogP contribution in [-0.4, -0.2) is 36.9 Å². The summed E-state index contributed by atoms with van der Waals surface area (Å²) in [6.07, 6.45) is 3.70. The standard InChI is InChI=1S/C15H23N3O/c1-2-17-14-10-12(6-7-13(14)16)15(19)11-18-8-4-3-5-9-18/h6-7,10,17H,2-5,8-9,11,16H2,1H3. The van der Waals surface area contributed by atoms with Crippen LogP contribution in [0, 0.1) is 0 Å². The summed E-state index contributed by atoms with van der Waals surface area (Å²) in [5.74, 6) is 0.182. The molecule has 104 valence electrons. The van der Waals surface area contributed by atoms with Crippen LogP contribution < -0.4 is 11.1 Å². The molecule has 4 heteroatoms. The quantitative estimate of drug-likeness (QED) is 0.631. The van der Waals surface area contributed by atoms with Crippen LogP contribution in [0.2, 0.25) is 0 Å². The lowest BCUT2D eigenvalue weighted by Crippen LogP contribution is -2.34. The molecule has 0 aromatic heterocycles. The van der Waals surface area contributed by atoms with E-state index in [1.165, 1.54) is 19.3 Å². The van der Waals surface area contributed by atoms with Gasteiger partial charge in [-0.3, -0.25) is 9.69 Å². The highest BCUT2D eigenvalue weighted by molar-refractivity contribution is 5.99. The molecule has 0 atom stereocenters. The van der Waals surface area contributed by atoms with Crippen molar-refractivity contribution in [1.82, 2.24) is 4.90 Å². The zero-order chi connectivity index (χ0) is 13.7. The van der Waals surface area contributed by atoms with E-state index >= 15 is 0 Å². The summed E-state index contributed by atoms with van der Waals surface area (Å²) in [5.41, 5.74) is 8.17. The van der Waals surface area contributed by atoms with Gasteiger partial charge in [-0.25, -0.2) is 0 Å². The molecule has 0 radical (unpaired) electrons. The van der Waals surface area contributed by atoms with E-state index in [4.69, 9.17) is 5.73 Å². The van der Waals surface area contributed by atoms with E-state index in [-0.39, 0.29) is 5.78 Å². The number of nitrogens with zero attached hydrogens (tertiary/aromatic N) is 1. The third kappa shape index (κ3) is 3.70. The number of piperidine rings is 1. The summed E-state index contributed by atoms with van der Waals surface area (Å²) in [6, 6.07) is 5.50. The summed E-state index contributed by atoms with van der Waals surface area (Å²) in [4.78, 5) is 14.5. The van der Waals surface area contributed by atoms with Gasteiger partial charge in [0.05, 0.1) is 17.9 Å². The number of rotatable bonds is 5. The largest absolute Gasteiger partial charge is 0.397 e. The molecule has 1 heterocycles. The first-order valence-corrected chi connectivity index (χ1v) is 7.09. The molecule has 0 unspecified atom stereocenters. The molecule has 4 nitrogen and oxygen atoms in total. The first-order chi connectivity index (χ1) is 9.20. The number of ketones is 1. The molecule has 1 saturated heterocycles. The minimum absolute atomic E-state index is 0.182. The number of Topliss-reactive ketones (excluding diaryl/α,β-unsaturated/α-hetero) is 1. The number of nitrogen functional groups attached to an aromatic ring is 1. The lowest BCUT2D eigenvalue weighted by Gasteiger charge is -2.25. The molecular weight excluding hydrogens is 238 g/mol. The van der Waals surface area contributed by atoms with Crippen molar-refractivity contribution in [2.45, 2.75) is 26.2 Å². The average Bonchev–Trinajstić information content (AvgIpc) is 2.42. The first kappa shape index (κ1) is 13.9. The third-order valence-electron chi connectivity index (χ3n) is 3.56. The number of carbonyl (C=O) groups is 1. The van der Waals surface area contributed by atoms with Crippen molar-refractivity contribution >= 4 is 17.2 Å². The Balaban J connectivity index is 2.03. The van der Waals surface area contributed by atoms with E-state index in [9.17, 15) is 4.79 Å². The second-order valence-electron chi connectivity index (χ2n) is 5.09. The van der Waals surface area contributed by atoms with Crippen LogP contribution in [-0.2, 0) is 0 Å². The van der Waals surface area contributed by atoms with Crippen LogP contribution >= 0.6 is 0 Å². The molecule has 1 aromatic rings. The van der Waals surface area contributed by atoms with Crippen LogP contribution in [0.5, 0.6) is 0 Å². The van der Waals surface area contributed by atoms with Gasteiger partial charge in [-0.1, -0.05) is 6.42 Å². The number of nitrogens with two attached hydrogens (primary N) is 1. The molecule has 19 heavy (non-hydrogen) atoms. The van der Waals surface area contributed by atoms with Gasteiger partial charge in [0.2, 0.25) is 0 Å². The van der Waals surface area contributed by atoms with E-state index in [0.717, 1.165) is 30.9 Å². The van der Waals surface area contributed by atoms with Crippen molar-refractivity contribution in [2.75, 3.05) is 37.2 Å². The van der Waals surface area contributed by atoms with Crippen LogP contribution in [0.1, 0.15) is 36.5 Å². The Labute approximate surface area is 115 Å². The lowest BCUT2D eigenvalue weighted by molar-refractivity contribution is 0.0916. The molecule has 1 aliphatic rings. The summed E-state index contributed by atoms with van der Waals surface area (Å²) < 4.78 is 0. The number of benzene rings is 1. The Morgan fingerprint density at radius 2 is 2.05 bits per heavy atom. The second kappa shape index (κ2) is 6.57. The minimum atomic E-state index is 0.182. The number of carbonyl (C=O) groups excluding carboxylic acids is 1. The minimum Gasteiger partial charge on any atom is -0.397 e. The number of hydrogen-bond donors (Lipinski definition) is 2. The Hall–Kier alpha value is -1.55. The fraction of sp³-hybridized carbons (Fsp3) is 0.533. The van der Waals surface area contributed by atoms with E-state index in [0.29, 0.717) is 12.2 Å². The topological polar surface area (TPSA) is 58.4 Å². The monoisotopic (exact) mass is 261 g/mol. The van der Waals surface area contributed by atoms with Gasteiger partial charge in [0, 0.05) is 12.1 Å². The highest BCUT2D eigenvalue weighted by Gasteiger charge is 2.15. The first-order valence-electron chi connectivity index (χ1n) is 7.09. The predicted molar refractivity (Wildman–Crippen MR) is 79.6 cm³/mol. The van der Waals surface area contributed by atoms with E-state index in [2.05, 4.69) is 10.2 Å². The Morgan fingerprint density at radius 1 is 1.32 bits per heavy atom. The van der Waals surface area contributed by atoms with Crippen molar-refractivity contribution in [1.29, 1.82) is 0 Å². The van der Waals surface area contributed by atoms with E-state index in [1.54, 1.807) is 6.07 Å². The van der Waals surface area contributed by atoms with Gasteiger partial charge in [-0.15, -0.1) is 0 Å². The summed E-state index contributed by atoms with van der Waals surface area (Å²) in [5, 5.41) is 3.18. The van der Waals surface area contributed by atoms with E-state index in [1.807, 2.05) is 19.1 Å². The molecule has 2 rings (SSSR count). The van der Waals surface area contributed by atoms with Gasteiger partial charge < -0.3 is 11.1 Å². The molecular formula is C15H23N3O. The molecule has 0 spiro atoms. The molecule has 3 N–H and O–H groups in total. The predicted octanol–water partition coefficient (Wildman–Crippen LogP) is 2.37.